The first-order chi connectivity index (χ1) is 14.0. The van der Waals surface area contributed by atoms with Crippen molar-refractivity contribution in [3.05, 3.63) is 50.0 Å². The lowest BCUT2D eigenvalue weighted by Gasteiger charge is -2.14. The van der Waals surface area contributed by atoms with Crippen molar-refractivity contribution in [1.29, 1.82) is 0 Å². The van der Waals surface area contributed by atoms with Crippen molar-refractivity contribution in [2.24, 2.45) is 0 Å². The lowest BCUT2D eigenvalue weighted by Crippen LogP contribution is -2.33. The number of amides is 1. The van der Waals surface area contributed by atoms with E-state index in [2.05, 4.69) is 10.3 Å². The van der Waals surface area contributed by atoms with Crippen LogP contribution in [0.2, 0.25) is 10.0 Å². The van der Waals surface area contributed by atoms with Crippen LogP contribution in [0.1, 0.15) is 12.8 Å². The number of halogens is 2. The lowest BCUT2D eigenvalue weighted by molar-refractivity contribution is -0.119. The summed E-state index contributed by atoms with van der Waals surface area (Å²) in [6, 6.07) is 6.86. The Morgan fingerprint density at radius 1 is 1.38 bits per heavy atom. The number of hydrogen-bond donors (Lipinski definition) is 1. The van der Waals surface area contributed by atoms with E-state index in [4.69, 9.17) is 27.9 Å². The lowest BCUT2D eigenvalue weighted by atomic mass is 10.2. The molecule has 1 aliphatic heterocycles. The zero-order valence-electron chi connectivity index (χ0n) is 15.2. The van der Waals surface area contributed by atoms with E-state index in [1.165, 1.54) is 27.7 Å². The Kier molecular flexibility index (Phi) is 6.46. The van der Waals surface area contributed by atoms with Gasteiger partial charge < -0.3 is 10.1 Å². The number of hydrogen-bond acceptors (Lipinski definition) is 6. The first kappa shape index (κ1) is 20.7. The third kappa shape index (κ3) is 4.46. The fourth-order valence-corrected chi connectivity index (χ4v) is 5.06. The first-order valence-electron chi connectivity index (χ1n) is 9.00. The molecule has 152 valence electrons. The zero-order chi connectivity index (χ0) is 20.4. The summed E-state index contributed by atoms with van der Waals surface area (Å²) in [5.41, 5.74) is 0.794. The number of nitrogens with one attached hydrogen (secondary N) is 1. The monoisotopic (exact) mass is 469 g/mol. The summed E-state index contributed by atoms with van der Waals surface area (Å²) < 4.78 is 7.46. The molecule has 1 amide bonds. The summed E-state index contributed by atoms with van der Waals surface area (Å²) in [4.78, 5) is 30.0. The molecule has 0 saturated carbocycles. The minimum absolute atomic E-state index is 0.0766. The van der Waals surface area contributed by atoms with Crippen LogP contribution in [0.25, 0.3) is 15.9 Å². The van der Waals surface area contributed by atoms with Crippen molar-refractivity contribution < 1.29 is 9.53 Å². The molecule has 4 rings (SSSR count). The second-order valence-corrected chi connectivity index (χ2v) is 9.11. The molecule has 3 aromatic rings. The highest BCUT2D eigenvalue weighted by Gasteiger charge is 2.19. The molecule has 0 spiro atoms. The maximum absolute atomic E-state index is 13.1. The van der Waals surface area contributed by atoms with E-state index >= 15 is 0 Å². The van der Waals surface area contributed by atoms with Crippen molar-refractivity contribution in [2.45, 2.75) is 24.1 Å². The van der Waals surface area contributed by atoms with Crippen LogP contribution in [0.5, 0.6) is 0 Å². The third-order valence-electron chi connectivity index (χ3n) is 4.50. The van der Waals surface area contributed by atoms with Crippen LogP contribution in [0.4, 0.5) is 0 Å². The molecular formula is C19H17Cl2N3O3S2. The Labute approximate surface area is 185 Å². The van der Waals surface area contributed by atoms with Crippen molar-refractivity contribution in [2.75, 3.05) is 18.9 Å². The summed E-state index contributed by atoms with van der Waals surface area (Å²) >= 11 is 15.0. The number of carbonyl (C=O) groups excluding carboxylic acids is 1. The molecule has 1 saturated heterocycles. The Morgan fingerprint density at radius 3 is 3.03 bits per heavy atom. The molecule has 29 heavy (non-hydrogen) atoms. The molecule has 1 N–H and O–H groups in total. The van der Waals surface area contributed by atoms with E-state index in [0.717, 1.165) is 19.4 Å². The van der Waals surface area contributed by atoms with Gasteiger partial charge in [-0.25, -0.2) is 4.98 Å². The van der Waals surface area contributed by atoms with Gasteiger partial charge in [-0.15, -0.1) is 11.3 Å². The molecule has 2 aromatic heterocycles. The fourth-order valence-electron chi connectivity index (χ4n) is 3.08. The number of benzene rings is 1. The quantitative estimate of drug-likeness (QED) is 0.433. The van der Waals surface area contributed by atoms with Gasteiger partial charge in [0.1, 0.15) is 4.70 Å². The van der Waals surface area contributed by atoms with Gasteiger partial charge in [-0.1, -0.05) is 41.0 Å². The number of ether oxygens (including phenoxy) is 1. The molecule has 1 aliphatic rings. The molecule has 10 heteroatoms. The van der Waals surface area contributed by atoms with Gasteiger partial charge in [0.15, 0.2) is 5.16 Å². The number of fused-ring (bicyclic) bond motifs is 1. The van der Waals surface area contributed by atoms with Gasteiger partial charge >= 0.3 is 0 Å². The molecule has 0 unspecified atom stereocenters. The summed E-state index contributed by atoms with van der Waals surface area (Å²) in [7, 11) is 0. The van der Waals surface area contributed by atoms with Crippen molar-refractivity contribution in [1.82, 2.24) is 14.9 Å². The average molecular weight is 470 g/mol. The van der Waals surface area contributed by atoms with Crippen LogP contribution in [0.3, 0.4) is 0 Å². The van der Waals surface area contributed by atoms with E-state index in [9.17, 15) is 9.59 Å². The van der Waals surface area contributed by atoms with E-state index in [0.29, 0.717) is 32.6 Å². The normalized spacial score (nSPS) is 16.4. The Hall–Kier alpha value is -1.58. The highest BCUT2D eigenvalue weighted by atomic mass is 35.5. The molecule has 6 nitrogen and oxygen atoms in total. The van der Waals surface area contributed by atoms with Crippen LogP contribution >= 0.6 is 46.3 Å². The molecular weight excluding hydrogens is 453 g/mol. The second kappa shape index (κ2) is 9.06. The number of carbonyl (C=O) groups is 1. The average Bonchev–Trinajstić information content (AvgIpc) is 3.39. The summed E-state index contributed by atoms with van der Waals surface area (Å²) in [5.74, 6) is -0.0265. The third-order valence-corrected chi connectivity index (χ3v) is 7.14. The van der Waals surface area contributed by atoms with E-state index in [-0.39, 0.29) is 28.3 Å². The van der Waals surface area contributed by atoms with Crippen LogP contribution in [0.15, 0.2) is 39.6 Å². The number of thioether (sulfide) groups is 1. The van der Waals surface area contributed by atoms with Crippen molar-refractivity contribution in [3.8, 4) is 5.69 Å². The van der Waals surface area contributed by atoms with Crippen molar-refractivity contribution >= 4 is 62.4 Å². The first-order valence-corrected chi connectivity index (χ1v) is 11.6. The predicted octanol–water partition coefficient (Wildman–Crippen LogP) is 4.14. The predicted molar refractivity (Wildman–Crippen MR) is 118 cm³/mol. The van der Waals surface area contributed by atoms with Gasteiger partial charge in [0.25, 0.3) is 5.56 Å². The molecule has 0 aliphatic carbocycles. The summed E-state index contributed by atoms with van der Waals surface area (Å²) in [6.45, 7) is 1.23. The fraction of sp³-hybridized carbons (Fsp3) is 0.316. The Morgan fingerprint density at radius 2 is 2.24 bits per heavy atom. The highest BCUT2D eigenvalue weighted by molar-refractivity contribution is 7.99. The number of thiophene rings is 1. The van der Waals surface area contributed by atoms with Crippen LogP contribution < -0.4 is 10.9 Å². The van der Waals surface area contributed by atoms with Gasteiger partial charge in [0, 0.05) is 13.2 Å². The summed E-state index contributed by atoms with van der Waals surface area (Å²) in [5, 5.41) is 5.68. The molecule has 1 aromatic carbocycles. The molecule has 0 radical (unpaired) electrons. The highest BCUT2D eigenvalue weighted by Crippen LogP contribution is 2.31. The van der Waals surface area contributed by atoms with Gasteiger partial charge in [0.2, 0.25) is 5.91 Å². The standard InChI is InChI=1S/C19H17Cl2N3O3S2/c20-12-4-1-5-14(16(12)21)24-18(26)17-13(6-8-28-17)23-19(24)29-10-15(25)22-9-11-3-2-7-27-11/h1,4-6,8,11H,2-3,7,9-10H2,(H,22,25)/t11-/m0/s1. The Bertz CT molecular complexity index is 1110. The van der Waals surface area contributed by atoms with Crippen LogP contribution in [-0.2, 0) is 9.53 Å². The molecule has 1 fully saturated rings. The minimum atomic E-state index is -0.239. The smallest absolute Gasteiger partial charge is 0.276 e. The number of nitrogens with zero attached hydrogens (tertiary/aromatic N) is 2. The van der Waals surface area contributed by atoms with E-state index < -0.39 is 0 Å². The van der Waals surface area contributed by atoms with Crippen LogP contribution in [0, 0.1) is 0 Å². The molecule has 3 heterocycles. The van der Waals surface area contributed by atoms with Gasteiger partial charge in [-0.05, 0) is 36.4 Å². The Balaban J connectivity index is 1.61. The number of rotatable bonds is 6. The van der Waals surface area contributed by atoms with Crippen LogP contribution in [-0.4, -0.2) is 40.5 Å². The number of aromatic nitrogens is 2. The minimum Gasteiger partial charge on any atom is -0.376 e. The zero-order valence-corrected chi connectivity index (χ0v) is 18.3. The molecule has 0 bridgehead atoms. The van der Waals surface area contributed by atoms with Gasteiger partial charge in [0.05, 0.1) is 33.1 Å². The van der Waals surface area contributed by atoms with Gasteiger partial charge in [-0.2, -0.15) is 0 Å². The second-order valence-electron chi connectivity index (χ2n) is 6.47. The maximum Gasteiger partial charge on any atom is 0.276 e. The van der Waals surface area contributed by atoms with Gasteiger partial charge in [-0.3, -0.25) is 14.2 Å². The SMILES string of the molecule is O=C(CSc1nc2ccsc2c(=O)n1-c1cccc(Cl)c1Cl)NC[C@@H]1CCCO1. The maximum atomic E-state index is 13.1. The topological polar surface area (TPSA) is 73.2 Å². The van der Waals surface area contributed by atoms with Crippen molar-refractivity contribution in [3.63, 3.8) is 0 Å². The van der Waals surface area contributed by atoms with E-state index in [1.54, 1.807) is 24.3 Å². The summed E-state index contributed by atoms with van der Waals surface area (Å²) in [6.07, 6.45) is 2.05. The van der Waals surface area contributed by atoms with E-state index in [1.807, 2.05) is 5.38 Å². The molecule has 1 atom stereocenters. The largest absolute Gasteiger partial charge is 0.376 e.